The molecule has 0 aliphatic rings. The fourth-order valence-corrected chi connectivity index (χ4v) is 1.77. The van der Waals surface area contributed by atoms with Crippen LogP contribution in [0.15, 0.2) is 24.3 Å². The smallest absolute Gasteiger partial charge is 0.239 e. The molecule has 0 radical (unpaired) electrons. The largest absolute Gasteiger partial charge is 0.369 e. The van der Waals surface area contributed by atoms with E-state index >= 15 is 0 Å². The van der Waals surface area contributed by atoms with Gasteiger partial charge >= 0.3 is 0 Å². The first-order chi connectivity index (χ1) is 9.11. The van der Waals surface area contributed by atoms with Gasteiger partial charge in [-0.15, -0.1) is 0 Å². The normalized spacial score (nSPS) is 12.7. The van der Waals surface area contributed by atoms with Crippen LogP contribution in [0, 0.1) is 11.8 Å². The fourth-order valence-electron chi connectivity index (χ4n) is 1.77. The first kappa shape index (κ1) is 13.5. The first-order valence-corrected chi connectivity index (χ1v) is 6.59. The van der Waals surface area contributed by atoms with Crippen LogP contribution >= 0.6 is 0 Å². The Labute approximate surface area is 113 Å². The van der Waals surface area contributed by atoms with Crippen molar-refractivity contribution in [2.24, 2.45) is 17.7 Å². The van der Waals surface area contributed by atoms with E-state index in [1.165, 1.54) is 0 Å². The van der Waals surface area contributed by atoms with Crippen LogP contribution < -0.4 is 16.6 Å². The predicted octanol–water partition coefficient (Wildman–Crippen LogP) is 2.62. The standard InChI is InChI=1S/C14H21N5/c1-9(2)10(3)8-16-13-11-6-4-5-7-12(11)17-14(18-13)19-15/h4-7,9-10H,8,15H2,1-3H3,(H2,16,17,18,19). The van der Waals surface area contributed by atoms with Crippen LogP contribution in [0.4, 0.5) is 11.8 Å². The Morgan fingerprint density at radius 1 is 1.16 bits per heavy atom. The van der Waals surface area contributed by atoms with Crippen molar-refractivity contribution in [3.8, 4) is 0 Å². The summed E-state index contributed by atoms with van der Waals surface area (Å²) in [4.78, 5) is 8.72. The molecule has 1 heterocycles. The third kappa shape index (κ3) is 3.12. The molecule has 0 bridgehead atoms. The fraction of sp³-hybridized carbons (Fsp3) is 0.429. The van der Waals surface area contributed by atoms with Gasteiger partial charge in [-0.3, -0.25) is 5.43 Å². The van der Waals surface area contributed by atoms with Crippen LogP contribution in [0.3, 0.4) is 0 Å². The Kier molecular flexibility index (Phi) is 4.16. The summed E-state index contributed by atoms with van der Waals surface area (Å²) in [6.45, 7) is 7.54. The van der Waals surface area contributed by atoms with Gasteiger partial charge in [0.05, 0.1) is 5.52 Å². The summed E-state index contributed by atoms with van der Waals surface area (Å²) in [6.07, 6.45) is 0. The molecule has 0 saturated carbocycles. The van der Waals surface area contributed by atoms with Gasteiger partial charge in [0.25, 0.3) is 0 Å². The van der Waals surface area contributed by atoms with Gasteiger partial charge in [-0.25, -0.2) is 10.8 Å². The van der Waals surface area contributed by atoms with Crippen LogP contribution in [-0.4, -0.2) is 16.5 Å². The van der Waals surface area contributed by atoms with E-state index in [1.807, 2.05) is 24.3 Å². The van der Waals surface area contributed by atoms with Crippen LogP contribution in [-0.2, 0) is 0 Å². The molecular formula is C14H21N5. The Hall–Kier alpha value is -1.88. The van der Waals surface area contributed by atoms with E-state index < -0.39 is 0 Å². The van der Waals surface area contributed by atoms with Crippen LogP contribution in [0.5, 0.6) is 0 Å². The summed E-state index contributed by atoms with van der Waals surface area (Å²) in [6, 6.07) is 7.90. The molecule has 0 aliphatic carbocycles. The summed E-state index contributed by atoms with van der Waals surface area (Å²) >= 11 is 0. The van der Waals surface area contributed by atoms with E-state index in [0.29, 0.717) is 17.8 Å². The number of fused-ring (bicyclic) bond motifs is 1. The van der Waals surface area contributed by atoms with E-state index in [2.05, 4.69) is 41.5 Å². The Bertz CT molecular complexity index is 553. The second kappa shape index (κ2) is 5.84. The first-order valence-electron chi connectivity index (χ1n) is 6.59. The molecule has 0 fully saturated rings. The van der Waals surface area contributed by atoms with E-state index in [-0.39, 0.29) is 0 Å². The number of nitrogens with one attached hydrogen (secondary N) is 2. The Morgan fingerprint density at radius 2 is 1.89 bits per heavy atom. The van der Waals surface area contributed by atoms with Crippen molar-refractivity contribution < 1.29 is 0 Å². The lowest BCUT2D eigenvalue weighted by Crippen LogP contribution is -2.18. The number of nitrogens with two attached hydrogens (primary N) is 1. The van der Waals surface area contributed by atoms with E-state index in [4.69, 9.17) is 5.84 Å². The van der Waals surface area contributed by atoms with E-state index in [0.717, 1.165) is 23.3 Å². The molecule has 2 aromatic rings. The lowest BCUT2D eigenvalue weighted by atomic mass is 9.98. The highest BCUT2D eigenvalue weighted by Gasteiger charge is 2.10. The number of nitrogen functional groups attached to an aromatic ring is 1. The topological polar surface area (TPSA) is 75.9 Å². The maximum absolute atomic E-state index is 5.41. The van der Waals surface area contributed by atoms with Gasteiger partial charge < -0.3 is 5.32 Å². The highest BCUT2D eigenvalue weighted by Crippen LogP contribution is 2.22. The minimum atomic E-state index is 0.429. The average molecular weight is 259 g/mol. The quantitative estimate of drug-likeness (QED) is 0.568. The van der Waals surface area contributed by atoms with E-state index in [1.54, 1.807) is 0 Å². The van der Waals surface area contributed by atoms with Gasteiger partial charge in [0.2, 0.25) is 5.95 Å². The van der Waals surface area contributed by atoms with Crippen LogP contribution in [0.25, 0.3) is 10.9 Å². The summed E-state index contributed by atoms with van der Waals surface area (Å²) < 4.78 is 0. The number of hydrazine groups is 1. The second-order valence-corrected chi connectivity index (χ2v) is 5.16. The van der Waals surface area contributed by atoms with Crippen LogP contribution in [0.1, 0.15) is 20.8 Å². The third-order valence-electron chi connectivity index (χ3n) is 3.46. The summed E-state index contributed by atoms with van der Waals surface area (Å²) in [5, 5.41) is 4.41. The monoisotopic (exact) mass is 259 g/mol. The summed E-state index contributed by atoms with van der Waals surface area (Å²) in [5.41, 5.74) is 3.39. The van der Waals surface area contributed by atoms with Gasteiger partial charge in [0, 0.05) is 11.9 Å². The second-order valence-electron chi connectivity index (χ2n) is 5.16. The number of hydrogen-bond donors (Lipinski definition) is 3. The molecule has 1 unspecified atom stereocenters. The number of aromatic nitrogens is 2. The van der Waals surface area contributed by atoms with Gasteiger partial charge in [0.1, 0.15) is 5.82 Å². The van der Waals surface area contributed by atoms with Gasteiger partial charge in [-0.2, -0.15) is 4.98 Å². The summed E-state index contributed by atoms with van der Waals surface area (Å²) in [5.74, 6) is 7.87. The zero-order chi connectivity index (χ0) is 13.8. The molecule has 2 rings (SSSR count). The maximum Gasteiger partial charge on any atom is 0.239 e. The number of hydrogen-bond acceptors (Lipinski definition) is 5. The third-order valence-corrected chi connectivity index (χ3v) is 3.46. The molecule has 102 valence electrons. The Morgan fingerprint density at radius 3 is 2.58 bits per heavy atom. The molecule has 5 heteroatoms. The number of benzene rings is 1. The van der Waals surface area contributed by atoms with Crippen molar-refractivity contribution in [1.29, 1.82) is 0 Å². The molecule has 19 heavy (non-hydrogen) atoms. The van der Waals surface area contributed by atoms with Gasteiger partial charge in [-0.05, 0) is 24.0 Å². The maximum atomic E-state index is 5.41. The number of rotatable bonds is 5. The van der Waals surface area contributed by atoms with Crippen LogP contribution in [0.2, 0.25) is 0 Å². The lowest BCUT2D eigenvalue weighted by molar-refractivity contribution is 0.439. The number of para-hydroxylation sites is 1. The Balaban J connectivity index is 2.30. The van der Waals surface area contributed by atoms with Gasteiger partial charge in [0.15, 0.2) is 0 Å². The highest BCUT2D eigenvalue weighted by molar-refractivity contribution is 5.89. The minimum absolute atomic E-state index is 0.429. The molecule has 5 nitrogen and oxygen atoms in total. The summed E-state index contributed by atoms with van der Waals surface area (Å²) in [7, 11) is 0. The number of nitrogens with zero attached hydrogens (tertiary/aromatic N) is 2. The van der Waals surface area contributed by atoms with Crippen molar-refractivity contribution in [3.05, 3.63) is 24.3 Å². The molecule has 1 atom stereocenters. The number of anilines is 2. The van der Waals surface area contributed by atoms with Crippen molar-refractivity contribution in [2.75, 3.05) is 17.3 Å². The molecular weight excluding hydrogens is 238 g/mol. The lowest BCUT2D eigenvalue weighted by Gasteiger charge is -2.17. The molecule has 4 N–H and O–H groups in total. The zero-order valence-electron chi connectivity index (χ0n) is 11.6. The SMILES string of the molecule is CC(C)C(C)CNc1nc(NN)nc2ccccc12. The molecule has 0 amide bonds. The average Bonchev–Trinajstić information content (AvgIpc) is 2.43. The highest BCUT2D eigenvalue weighted by atomic mass is 15.3. The minimum Gasteiger partial charge on any atom is -0.369 e. The predicted molar refractivity (Wildman–Crippen MR) is 79.8 cm³/mol. The van der Waals surface area contributed by atoms with Crippen molar-refractivity contribution in [2.45, 2.75) is 20.8 Å². The van der Waals surface area contributed by atoms with E-state index in [9.17, 15) is 0 Å². The van der Waals surface area contributed by atoms with Crippen molar-refractivity contribution in [1.82, 2.24) is 9.97 Å². The molecule has 1 aromatic carbocycles. The molecule has 0 saturated heterocycles. The molecule has 1 aromatic heterocycles. The zero-order valence-corrected chi connectivity index (χ0v) is 11.6. The molecule has 0 aliphatic heterocycles. The van der Waals surface area contributed by atoms with Gasteiger partial charge in [-0.1, -0.05) is 32.9 Å². The van der Waals surface area contributed by atoms with Crippen molar-refractivity contribution >= 4 is 22.7 Å². The molecule has 0 spiro atoms. The van der Waals surface area contributed by atoms with Crippen molar-refractivity contribution in [3.63, 3.8) is 0 Å².